The summed E-state index contributed by atoms with van der Waals surface area (Å²) in [5.41, 5.74) is 2.68. The molecule has 0 saturated carbocycles. The molecule has 0 aliphatic heterocycles. The highest BCUT2D eigenvalue weighted by molar-refractivity contribution is 5.96. The summed E-state index contributed by atoms with van der Waals surface area (Å²) in [5, 5.41) is 9.30. The lowest BCUT2D eigenvalue weighted by atomic mass is 10.1. The molecule has 1 unspecified atom stereocenters. The molecule has 1 rings (SSSR count). The largest absolute Gasteiger partial charge is 0.496 e. The van der Waals surface area contributed by atoms with Crippen molar-refractivity contribution >= 4 is 11.6 Å². The molecule has 1 N–H and O–H groups in total. The maximum Gasteiger partial charge on any atom is 0.255 e. The molecule has 1 aromatic rings. The standard InChI is InChI=1S/C13H19NO3/c1-8-7-12(17-5)9(2)6-11(8)14(4)13(16)10(3)15/h6-7,10,15H,1-5H3. The Kier molecular flexibility index (Phi) is 4.12. The first kappa shape index (κ1) is 13.5. The zero-order valence-corrected chi connectivity index (χ0v) is 10.9. The average Bonchev–Trinajstić information content (AvgIpc) is 2.29. The van der Waals surface area contributed by atoms with Crippen LogP contribution in [-0.2, 0) is 4.79 Å². The number of likely N-dealkylation sites (N-methyl/N-ethyl adjacent to an activating group) is 1. The first-order valence-electron chi connectivity index (χ1n) is 5.49. The number of nitrogens with zero attached hydrogens (tertiary/aromatic N) is 1. The topological polar surface area (TPSA) is 49.8 Å². The molecule has 0 bridgehead atoms. The van der Waals surface area contributed by atoms with Gasteiger partial charge in [0.2, 0.25) is 0 Å². The van der Waals surface area contributed by atoms with Crippen LogP contribution in [0.3, 0.4) is 0 Å². The van der Waals surface area contributed by atoms with Gasteiger partial charge in [0.15, 0.2) is 0 Å². The van der Waals surface area contributed by atoms with Crippen LogP contribution in [0.1, 0.15) is 18.1 Å². The van der Waals surface area contributed by atoms with Gasteiger partial charge in [-0.15, -0.1) is 0 Å². The number of ether oxygens (including phenoxy) is 1. The first-order valence-corrected chi connectivity index (χ1v) is 5.49. The van der Waals surface area contributed by atoms with E-state index in [-0.39, 0.29) is 5.91 Å². The highest BCUT2D eigenvalue weighted by Gasteiger charge is 2.18. The van der Waals surface area contributed by atoms with Crippen LogP contribution in [0.25, 0.3) is 0 Å². The average molecular weight is 237 g/mol. The highest BCUT2D eigenvalue weighted by atomic mass is 16.5. The number of methoxy groups -OCH3 is 1. The molecule has 1 amide bonds. The van der Waals surface area contributed by atoms with Gasteiger partial charge in [0, 0.05) is 12.7 Å². The van der Waals surface area contributed by atoms with Gasteiger partial charge in [0.05, 0.1) is 7.11 Å². The summed E-state index contributed by atoms with van der Waals surface area (Å²) in [6.07, 6.45) is -0.998. The number of anilines is 1. The van der Waals surface area contributed by atoms with Crippen LogP contribution in [-0.4, -0.2) is 31.3 Å². The van der Waals surface area contributed by atoms with Crippen molar-refractivity contribution in [2.24, 2.45) is 0 Å². The lowest BCUT2D eigenvalue weighted by Gasteiger charge is -2.22. The SMILES string of the molecule is COc1cc(C)c(N(C)C(=O)C(C)O)cc1C. The summed E-state index contributed by atoms with van der Waals surface area (Å²) >= 11 is 0. The number of aliphatic hydroxyl groups excluding tert-OH is 1. The molecule has 0 saturated heterocycles. The number of hydrogen-bond donors (Lipinski definition) is 1. The molecule has 0 aliphatic carbocycles. The fraction of sp³-hybridized carbons (Fsp3) is 0.462. The number of aliphatic hydroxyl groups is 1. The quantitative estimate of drug-likeness (QED) is 0.869. The van der Waals surface area contributed by atoms with Crippen molar-refractivity contribution in [2.75, 3.05) is 19.1 Å². The third-order valence-electron chi connectivity index (χ3n) is 2.76. The Labute approximate surface area is 102 Å². The van der Waals surface area contributed by atoms with E-state index in [9.17, 15) is 9.90 Å². The number of carbonyl (C=O) groups excluding carboxylic acids is 1. The van der Waals surface area contributed by atoms with Crippen LogP contribution in [0, 0.1) is 13.8 Å². The summed E-state index contributed by atoms with van der Waals surface area (Å²) in [6, 6.07) is 3.77. The minimum atomic E-state index is -0.998. The lowest BCUT2D eigenvalue weighted by molar-refractivity contribution is -0.125. The molecular weight excluding hydrogens is 218 g/mol. The normalized spacial score (nSPS) is 12.1. The predicted octanol–water partition coefficient (Wildman–Crippen LogP) is 1.66. The Bertz CT molecular complexity index is 427. The van der Waals surface area contributed by atoms with E-state index in [0.29, 0.717) is 0 Å². The second-order valence-corrected chi connectivity index (χ2v) is 4.18. The number of aryl methyl sites for hydroxylation is 2. The second-order valence-electron chi connectivity index (χ2n) is 4.18. The Morgan fingerprint density at radius 2 is 1.94 bits per heavy atom. The number of benzene rings is 1. The molecule has 0 radical (unpaired) electrons. The Morgan fingerprint density at radius 3 is 2.41 bits per heavy atom. The zero-order chi connectivity index (χ0) is 13.2. The third-order valence-corrected chi connectivity index (χ3v) is 2.76. The Hall–Kier alpha value is -1.55. The summed E-state index contributed by atoms with van der Waals surface area (Å²) in [5.74, 6) is 0.474. The number of rotatable bonds is 3. The fourth-order valence-electron chi connectivity index (χ4n) is 1.75. The van der Waals surface area contributed by atoms with Crippen molar-refractivity contribution in [1.82, 2.24) is 0 Å². The summed E-state index contributed by atoms with van der Waals surface area (Å²) in [6.45, 7) is 5.29. The molecule has 0 heterocycles. The van der Waals surface area contributed by atoms with Crippen molar-refractivity contribution in [1.29, 1.82) is 0 Å². The highest BCUT2D eigenvalue weighted by Crippen LogP contribution is 2.28. The molecule has 0 spiro atoms. The van der Waals surface area contributed by atoms with E-state index in [0.717, 1.165) is 22.6 Å². The van der Waals surface area contributed by atoms with Gasteiger partial charge in [0.1, 0.15) is 11.9 Å². The van der Waals surface area contributed by atoms with Crippen LogP contribution in [0.2, 0.25) is 0 Å². The maximum absolute atomic E-state index is 11.7. The van der Waals surface area contributed by atoms with Gasteiger partial charge >= 0.3 is 0 Å². The molecule has 17 heavy (non-hydrogen) atoms. The molecule has 4 heteroatoms. The minimum Gasteiger partial charge on any atom is -0.496 e. The fourth-order valence-corrected chi connectivity index (χ4v) is 1.75. The minimum absolute atomic E-state index is 0.322. The lowest BCUT2D eigenvalue weighted by Crippen LogP contribution is -2.35. The zero-order valence-electron chi connectivity index (χ0n) is 10.9. The maximum atomic E-state index is 11.7. The number of hydrogen-bond acceptors (Lipinski definition) is 3. The molecule has 94 valence electrons. The predicted molar refractivity (Wildman–Crippen MR) is 67.6 cm³/mol. The van der Waals surface area contributed by atoms with Crippen LogP contribution in [0.4, 0.5) is 5.69 Å². The molecule has 4 nitrogen and oxygen atoms in total. The van der Waals surface area contributed by atoms with Crippen molar-refractivity contribution in [3.63, 3.8) is 0 Å². The summed E-state index contributed by atoms with van der Waals surface area (Å²) in [4.78, 5) is 13.2. The number of carbonyl (C=O) groups is 1. The van der Waals surface area contributed by atoms with E-state index in [2.05, 4.69) is 0 Å². The number of amides is 1. The van der Waals surface area contributed by atoms with Gasteiger partial charge in [-0.3, -0.25) is 4.79 Å². The molecule has 0 aromatic heterocycles. The van der Waals surface area contributed by atoms with Gasteiger partial charge < -0.3 is 14.7 Å². The van der Waals surface area contributed by atoms with Gasteiger partial charge in [-0.1, -0.05) is 0 Å². The smallest absolute Gasteiger partial charge is 0.255 e. The summed E-state index contributed by atoms with van der Waals surface area (Å²) in [7, 11) is 3.27. The molecule has 0 aliphatic rings. The molecule has 1 atom stereocenters. The summed E-state index contributed by atoms with van der Waals surface area (Å²) < 4.78 is 5.22. The van der Waals surface area contributed by atoms with Gasteiger partial charge in [-0.05, 0) is 44.0 Å². The van der Waals surface area contributed by atoms with Crippen LogP contribution in [0.5, 0.6) is 5.75 Å². The van der Waals surface area contributed by atoms with E-state index in [1.807, 2.05) is 26.0 Å². The Morgan fingerprint density at radius 1 is 1.35 bits per heavy atom. The second kappa shape index (κ2) is 5.19. The third kappa shape index (κ3) is 2.77. The first-order chi connectivity index (χ1) is 7.88. The van der Waals surface area contributed by atoms with Gasteiger partial charge in [-0.25, -0.2) is 0 Å². The van der Waals surface area contributed by atoms with E-state index < -0.39 is 6.10 Å². The van der Waals surface area contributed by atoms with Crippen molar-refractivity contribution in [2.45, 2.75) is 26.9 Å². The molecule has 0 fully saturated rings. The Balaban J connectivity index is 3.15. The van der Waals surface area contributed by atoms with E-state index >= 15 is 0 Å². The van der Waals surface area contributed by atoms with E-state index in [4.69, 9.17) is 4.74 Å². The van der Waals surface area contributed by atoms with E-state index in [1.54, 1.807) is 14.2 Å². The molecule has 1 aromatic carbocycles. The van der Waals surface area contributed by atoms with Crippen molar-refractivity contribution in [3.05, 3.63) is 23.3 Å². The van der Waals surface area contributed by atoms with Gasteiger partial charge in [0.25, 0.3) is 5.91 Å². The van der Waals surface area contributed by atoms with Crippen LogP contribution < -0.4 is 9.64 Å². The van der Waals surface area contributed by atoms with Crippen LogP contribution in [0.15, 0.2) is 12.1 Å². The molecular formula is C13H19NO3. The van der Waals surface area contributed by atoms with Crippen molar-refractivity contribution < 1.29 is 14.6 Å². The van der Waals surface area contributed by atoms with Crippen LogP contribution >= 0.6 is 0 Å². The van der Waals surface area contributed by atoms with Crippen molar-refractivity contribution in [3.8, 4) is 5.75 Å². The monoisotopic (exact) mass is 237 g/mol. The van der Waals surface area contributed by atoms with Gasteiger partial charge in [-0.2, -0.15) is 0 Å². The van der Waals surface area contributed by atoms with E-state index in [1.165, 1.54) is 11.8 Å².